The monoisotopic (exact) mass is 1360 g/mol. The minimum Gasteiger partial charge on any atom is -0.462 e. The van der Waals surface area contributed by atoms with Crippen molar-refractivity contribution in [1.82, 2.24) is 0 Å². The minimum absolute atomic E-state index is 0.101. The van der Waals surface area contributed by atoms with Gasteiger partial charge in [0.15, 0.2) is 12.2 Å². The standard InChI is InChI=1S/C74H140O17P2/c1-7-9-11-13-15-17-19-21-23-24-26-28-30-32-39-46-52-58-73(78)90-69(62-84-71(76)56-50-44-38-31-29-27-25-22-20-18-16-14-12-10-8-2)64-88-92(80,81)86-60-68(75)61-87-93(82,83)89-65-70(63-85-72(77)57-51-45-41-35-37-43-49-55-67(5)6)91-74(79)59-53-47-40-34-33-36-42-48-54-66(3)4/h18,20,22,25,66-70,75H,7-17,19,21,23-24,26-65H2,1-6H3,(H,80,81)(H,82,83)/b20-18-,25-22-/t68-,69-,70-/m1/s1. The first-order valence-electron chi connectivity index (χ1n) is 37.8. The molecule has 0 fully saturated rings. The quantitative estimate of drug-likeness (QED) is 0.0169. The van der Waals surface area contributed by atoms with Gasteiger partial charge < -0.3 is 33.8 Å². The molecule has 3 N–H and O–H groups in total. The van der Waals surface area contributed by atoms with E-state index in [1.165, 1.54) is 148 Å². The number of carbonyl (C=O) groups is 4. The molecule has 17 nitrogen and oxygen atoms in total. The number of phosphoric ester groups is 2. The van der Waals surface area contributed by atoms with E-state index < -0.39 is 97.5 Å². The summed E-state index contributed by atoms with van der Waals surface area (Å²) in [5.41, 5.74) is 0. The Kier molecular flexibility index (Phi) is 63.7. The summed E-state index contributed by atoms with van der Waals surface area (Å²) in [6.45, 7) is 9.41. The number of hydrogen-bond acceptors (Lipinski definition) is 15. The molecule has 93 heavy (non-hydrogen) atoms. The van der Waals surface area contributed by atoms with Gasteiger partial charge in [0.25, 0.3) is 0 Å². The van der Waals surface area contributed by atoms with Crippen molar-refractivity contribution in [2.75, 3.05) is 39.6 Å². The first-order valence-corrected chi connectivity index (χ1v) is 40.8. The Balaban J connectivity index is 5.27. The zero-order valence-electron chi connectivity index (χ0n) is 60.0. The largest absolute Gasteiger partial charge is 0.472 e. The van der Waals surface area contributed by atoms with Crippen molar-refractivity contribution in [2.45, 2.75) is 374 Å². The van der Waals surface area contributed by atoms with Crippen LogP contribution in [0.25, 0.3) is 0 Å². The summed E-state index contributed by atoms with van der Waals surface area (Å²) in [5, 5.41) is 10.6. The summed E-state index contributed by atoms with van der Waals surface area (Å²) in [6.07, 6.45) is 55.1. The van der Waals surface area contributed by atoms with E-state index in [4.69, 9.17) is 37.0 Å². The van der Waals surface area contributed by atoms with E-state index in [0.717, 1.165) is 116 Å². The summed E-state index contributed by atoms with van der Waals surface area (Å²) in [7, 11) is -9.92. The second kappa shape index (κ2) is 65.5. The maximum Gasteiger partial charge on any atom is 0.472 e. The van der Waals surface area contributed by atoms with E-state index in [1.807, 2.05) is 0 Å². The van der Waals surface area contributed by atoms with E-state index in [1.54, 1.807) is 0 Å². The molecular weight excluding hydrogens is 1220 g/mol. The average Bonchev–Trinajstić information content (AvgIpc) is 3.73. The highest BCUT2D eigenvalue weighted by Crippen LogP contribution is 2.45. The number of aliphatic hydroxyl groups excluding tert-OH is 1. The van der Waals surface area contributed by atoms with Gasteiger partial charge in [-0.3, -0.25) is 37.3 Å². The van der Waals surface area contributed by atoms with Gasteiger partial charge in [0.2, 0.25) is 0 Å². The van der Waals surface area contributed by atoms with Crippen molar-refractivity contribution >= 4 is 39.5 Å². The fourth-order valence-corrected chi connectivity index (χ4v) is 12.3. The molecule has 0 aromatic rings. The Morgan fingerprint density at radius 3 is 0.882 bits per heavy atom. The molecule has 0 radical (unpaired) electrons. The molecule has 0 heterocycles. The lowest BCUT2D eigenvalue weighted by atomic mass is 10.0. The smallest absolute Gasteiger partial charge is 0.462 e. The number of rotatable bonds is 71. The summed E-state index contributed by atoms with van der Waals surface area (Å²) in [4.78, 5) is 72.7. The van der Waals surface area contributed by atoms with Gasteiger partial charge >= 0.3 is 39.5 Å². The molecule has 5 atom stereocenters. The first-order chi connectivity index (χ1) is 44.9. The molecule has 0 amide bonds. The molecule has 0 aromatic carbocycles. The molecule has 2 unspecified atom stereocenters. The lowest BCUT2D eigenvalue weighted by Gasteiger charge is -2.21. The summed E-state index contributed by atoms with van der Waals surface area (Å²) < 4.78 is 68.4. The maximum absolute atomic E-state index is 13.1. The summed E-state index contributed by atoms with van der Waals surface area (Å²) >= 11 is 0. The van der Waals surface area contributed by atoms with Crippen molar-refractivity contribution in [3.8, 4) is 0 Å². The zero-order chi connectivity index (χ0) is 68.6. The normalized spacial score (nSPS) is 14.2. The van der Waals surface area contributed by atoms with Crippen LogP contribution in [0.5, 0.6) is 0 Å². The van der Waals surface area contributed by atoms with Crippen LogP contribution in [0.4, 0.5) is 0 Å². The Labute approximate surface area is 567 Å². The van der Waals surface area contributed by atoms with Crippen LogP contribution in [0, 0.1) is 11.8 Å². The molecule has 0 saturated heterocycles. The Bertz CT molecular complexity index is 1900. The summed E-state index contributed by atoms with van der Waals surface area (Å²) in [5.74, 6) is -0.732. The third-order valence-corrected chi connectivity index (χ3v) is 18.5. The molecule has 0 aromatic heterocycles. The predicted molar refractivity (Wildman–Crippen MR) is 377 cm³/mol. The molecular formula is C74H140O17P2. The van der Waals surface area contributed by atoms with Gasteiger partial charge in [0, 0.05) is 25.7 Å². The highest BCUT2D eigenvalue weighted by molar-refractivity contribution is 7.47. The van der Waals surface area contributed by atoms with Crippen LogP contribution in [0.2, 0.25) is 0 Å². The third kappa shape index (κ3) is 67.9. The molecule has 0 bridgehead atoms. The van der Waals surface area contributed by atoms with Crippen molar-refractivity contribution < 1.29 is 80.2 Å². The maximum atomic E-state index is 13.1. The van der Waals surface area contributed by atoms with Crippen molar-refractivity contribution in [2.24, 2.45) is 11.8 Å². The number of hydrogen-bond donors (Lipinski definition) is 3. The van der Waals surface area contributed by atoms with Gasteiger partial charge in [0.1, 0.15) is 19.3 Å². The van der Waals surface area contributed by atoms with E-state index >= 15 is 0 Å². The molecule has 548 valence electrons. The molecule has 0 aliphatic carbocycles. The second-order valence-electron chi connectivity index (χ2n) is 27.0. The predicted octanol–water partition coefficient (Wildman–Crippen LogP) is 21.1. The fraction of sp³-hybridized carbons (Fsp3) is 0.892. The van der Waals surface area contributed by atoms with Crippen molar-refractivity contribution in [3.63, 3.8) is 0 Å². The first kappa shape index (κ1) is 90.5. The lowest BCUT2D eigenvalue weighted by Crippen LogP contribution is -2.30. The number of ether oxygens (including phenoxy) is 4. The Morgan fingerprint density at radius 1 is 0.333 bits per heavy atom. The zero-order valence-corrected chi connectivity index (χ0v) is 61.8. The number of allylic oxidation sites excluding steroid dienone is 4. The SMILES string of the molecule is CCCCCC/C=C\C=C/CCCCCCCC(=O)OC[C@H](COP(=O)(O)OC[C@@H](O)COP(=O)(O)OC[C@@H](COC(=O)CCCCCCCCCC(C)C)OC(=O)CCCCCCCCCCC(C)C)OC(=O)CCCCCCCCCCCCCCCCCCC. The van der Waals surface area contributed by atoms with Gasteiger partial charge in [0.05, 0.1) is 26.4 Å². The summed E-state index contributed by atoms with van der Waals surface area (Å²) in [6, 6.07) is 0. The molecule has 0 aliphatic rings. The topological polar surface area (TPSA) is 237 Å². The van der Waals surface area contributed by atoms with Crippen LogP contribution in [0.1, 0.15) is 356 Å². The van der Waals surface area contributed by atoms with E-state index in [9.17, 15) is 43.2 Å². The van der Waals surface area contributed by atoms with Crippen LogP contribution < -0.4 is 0 Å². The van der Waals surface area contributed by atoms with Crippen LogP contribution in [-0.4, -0.2) is 96.7 Å². The minimum atomic E-state index is -4.96. The van der Waals surface area contributed by atoms with Crippen LogP contribution in [-0.2, 0) is 65.4 Å². The van der Waals surface area contributed by atoms with Gasteiger partial charge in [-0.1, -0.05) is 303 Å². The van der Waals surface area contributed by atoms with Gasteiger partial charge in [-0.05, 0) is 63.2 Å². The number of esters is 4. The highest BCUT2D eigenvalue weighted by atomic mass is 31.2. The van der Waals surface area contributed by atoms with Gasteiger partial charge in [-0.15, -0.1) is 0 Å². The van der Waals surface area contributed by atoms with Gasteiger partial charge in [-0.2, -0.15) is 0 Å². The van der Waals surface area contributed by atoms with Crippen molar-refractivity contribution in [3.05, 3.63) is 24.3 Å². The Morgan fingerprint density at radius 2 is 0.581 bits per heavy atom. The van der Waals surface area contributed by atoms with Gasteiger partial charge in [-0.25, -0.2) is 9.13 Å². The third-order valence-electron chi connectivity index (χ3n) is 16.6. The molecule has 0 rings (SSSR count). The number of phosphoric acid groups is 2. The Hall–Kier alpha value is -2.46. The fourth-order valence-electron chi connectivity index (χ4n) is 10.8. The number of carbonyl (C=O) groups excluding carboxylic acids is 4. The number of unbranched alkanes of at least 4 members (excludes halogenated alkanes) is 38. The van der Waals surface area contributed by atoms with Crippen LogP contribution in [0.3, 0.4) is 0 Å². The van der Waals surface area contributed by atoms with E-state index in [2.05, 4.69) is 65.8 Å². The molecule has 0 spiro atoms. The number of aliphatic hydroxyl groups is 1. The van der Waals surface area contributed by atoms with Crippen LogP contribution in [0.15, 0.2) is 24.3 Å². The lowest BCUT2D eigenvalue weighted by molar-refractivity contribution is -0.161. The van der Waals surface area contributed by atoms with Crippen molar-refractivity contribution in [1.29, 1.82) is 0 Å². The second-order valence-corrected chi connectivity index (χ2v) is 29.9. The highest BCUT2D eigenvalue weighted by Gasteiger charge is 2.30. The molecule has 0 aliphatic heterocycles. The van der Waals surface area contributed by atoms with Crippen LogP contribution >= 0.6 is 15.6 Å². The van der Waals surface area contributed by atoms with E-state index in [-0.39, 0.29) is 25.7 Å². The molecule has 0 saturated carbocycles. The average molecular weight is 1360 g/mol. The van der Waals surface area contributed by atoms with E-state index in [0.29, 0.717) is 37.5 Å². The molecule has 19 heteroatoms.